The van der Waals surface area contributed by atoms with Crippen molar-refractivity contribution in [1.29, 1.82) is 0 Å². The molecule has 2 aromatic carbocycles. The summed E-state index contributed by atoms with van der Waals surface area (Å²) in [5.41, 5.74) is 4.64. The Hall–Kier alpha value is -2.96. The van der Waals surface area contributed by atoms with Crippen LogP contribution in [0.2, 0.25) is 0 Å². The molecule has 2 aliphatic heterocycles. The van der Waals surface area contributed by atoms with E-state index in [0.717, 1.165) is 75.4 Å². The average Bonchev–Trinajstić information content (AvgIpc) is 2.85. The molecule has 6 nitrogen and oxygen atoms in total. The van der Waals surface area contributed by atoms with E-state index in [4.69, 9.17) is 4.98 Å². The number of hydrogen-bond donors (Lipinski definition) is 2. The van der Waals surface area contributed by atoms with Crippen LogP contribution in [-0.4, -0.2) is 60.7 Å². The first-order valence-electron chi connectivity index (χ1n) is 12.1. The van der Waals surface area contributed by atoms with Gasteiger partial charge in [0.2, 0.25) is 0 Å². The third-order valence-electron chi connectivity index (χ3n) is 6.94. The van der Waals surface area contributed by atoms with Crippen molar-refractivity contribution < 1.29 is 0 Å². The second kappa shape index (κ2) is 9.89. The summed E-state index contributed by atoms with van der Waals surface area (Å²) in [6.45, 7) is 4.89. The van der Waals surface area contributed by atoms with Gasteiger partial charge < -0.3 is 20.1 Å². The van der Waals surface area contributed by atoms with Gasteiger partial charge in [0.1, 0.15) is 11.3 Å². The molecule has 2 aliphatic rings. The van der Waals surface area contributed by atoms with Crippen molar-refractivity contribution >= 4 is 22.2 Å². The number of nitrogens with zero attached hydrogens (tertiary/aromatic N) is 3. The zero-order valence-corrected chi connectivity index (χ0v) is 19.4. The number of aromatic nitrogens is 2. The molecule has 5 rings (SSSR count). The number of aryl methyl sites for hydroxylation is 1. The Morgan fingerprint density at radius 1 is 1.03 bits per heavy atom. The Balaban J connectivity index is 1.26. The van der Waals surface area contributed by atoms with Gasteiger partial charge in [0.25, 0.3) is 5.56 Å². The van der Waals surface area contributed by atoms with E-state index >= 15 is 0 Å². The van der Waals surface area contributed by atoms with Gasteiger partial charge in [0, 0.05) is 45.2 Å². The van der Waals surface area contributed by atoms with Crippen LogP contribution in [0.25, 0.3) is 16.5 Å². The Kier molecular flexibility index (Phi) is 6.55. The number of H-pyrrole nitrogens is 1. The molecule has 2 N–H and O–H groups in total. The van der Waals surface area contributed by atoms with Crippen LogP contribution in [0.3, 0.4) is 0 Å². The highest BCUT2D eigenvalue weighted by Gasteiger charge is 2.19. The van der Waals surface area contributed by atoms with Gasteiger partial charge in [0.05, 0.1) is 11.1 Å². The van der Waals surface area contributed by atoms with E-state index < -0.39 is 0 Å². The monoisotopic (exact) mass is 443 g/mol. The van der Waals surface area contributed by atoms with E-state index in [0.29, 0.717) is 11.4 Å². The van der Waals surface area contributed by atoms with Crippen molar-refractivity contribution in [2.24, 2.45) is 0 Å². The Morgan fingerprint density at radius 2 is 1.85 bits per heavy atom. The van der Waals surface area contributed by atoms with Crippen LogP contribution in [0, 0.1) is 0 Å². The molecular weight excluding hydrogens is 410 g/mol. The number of nitrogens with one attached hydrogen (secondary N) is 2. The number of piperazine rings is 1. The number of hydrogen-bond acceptors (Lipinski definition) is 5. The van der Waals surface area contributed by atoms with E-state index in [1.54, 1.807) is 0 Å². The third kappa shape index (κ3) is 5.02. The average molecular weight is 444 g/mol. The summed E-state index contributed by atoms with van der Waals surface area (Å²) < 4.78 is 0. The predicted octanol–water partition coefficient (Wildman–Crippen LogP) is 3.44. The van der Waals surface area contributed by atoms with Gasteiger partial charge in [-0.05, 0) is 49.6 Å². The Labute approximate surface area is 195 Å². The number of para-hydroxylation sites is 1. The van der Waals surface area contributed by atoms with Gasteiger partial charge in [-0.2, -0.15) is 0 Å². The van der Waals surface area contributed by atoms with Crippen LogP contribution >= 0.6 is 0 Å². The highest BCUT2D eigenvalue weighted by atomic mass is 16.1. The van der Waals surface area contributed by atoms with Crippen LogP contribution in [-0.2, 0) is 6.42 Å². The first-order valence-corrected chi connectivity index (χ1v) is 12.1. The molecule has 1 unspecified atom stereocenters. The topological polar surface area (TPSA) is 64.3 Å². The van der Waals surface area contributed by atoms with Crippen LogP contribution in [0.15, 0.2) is 59.4 Å². The minimum absolute atomic E-state index is 0.0314. The highest BCUT2D eigenvalue weighted by molar-refractivity contribution is 5.90. The van der Waals surface area contributed by atoms with Gasteiger partial charge in [-0.25, -0.2) is 4.98 Å². The van der Waals surface area contributed by atoms with Crippen molar-refractivity contribution in [3.8, 4) is 0 Å². The van der Waals surface area contributed by atoms with E-state index in [1.807, 2.05) is 12.1 Å². The van der Waals surface area contributed by atoms with Crippen molar-refractivity contribution in [3.05, 3.63) is 76.3 Å². The Morgan fingerprint density at radius 3 is 2.67 bits per heavy atom. The molecule has 3 heterocycles. The van der Waals surface area contributed by atoms with E-state index in [1.165, 1.54) is 11.1 Å². The van der Waals surface area contributed by atoms with Crippen molar-refractivity contribution in [3.63, 3.8) is 0 Å². The van der Waals surface area contributed by atoms with Gasteiger partial charge in [0.15, 0.2) is 0 Å². The molecule has 1 atom stereocenters. The number of benzene rings is 2. The lowest BCUT2D eigenvalue weighted by Gasteiger charge is -2.34. The summed E-state index contributed by atoms with van der Waals surface area (Å²) in [6, 6.07) is 17.1. The van der Waals surface area contributed by atoms with Crippen molar-refractivity contribution in [2.45, 2.75) is 31.7 Å². The number of rotatable bonds is 6. The molecule has 6 heteroatoms. The fraction of sp³-hybridized carbons (Fsp3) is 0.407. The first-order chi connectivity index (χ1) is 16.2. The van der Waals surface area contributed by atoms with E-state index in [9.17, 15) is 4.79 Å². The van der Waals surface area contributed by atoms with E-state index in [2.05, 4.69) is 69.6 Å². The normalized spacial score (nSPS) is 19.6. The largest absolute Gasteiger partial charge is 0.367 e. The highest BCUT2D eigenvalue weighted by Crippen LogP contribution is 2.26. The molecule has 0 radical (unpaired) electrons. The lowest BCUT2D eigenvalue weighted by molar-refractivity contribution is 0.313. The molecule has 0 bridgehead atoms. The quantitative estimate of drug-likeness (QED) is 0.611. The standard InChI is InChI=1S/C27H33N5O/c1-31-15-17-32(18-16-31)24-11-6-10-23-26(24)29-25(30-27(23)33)12-5-9-22-19-21(13-14-28-22)20-7-3-2-4-8-20/h2-4,6-8,10-11,13,22,28H,5,9,12,14-19H2,1H3,(H,29,30,33). The molecule has 3 aromatic rings. The van der Waals surface area contributed by atoms with Crippen molar-refractivity contribution in [2.75, 3.05) is 44.7 Å². The third-order valence-corrected chi connectivity index (χ3v) is 6.94. The van der Waals surface area contributed by atoms with Crippen LogP contribution in [0.5, 0.6) is 0 Å². The van der Waals surface area contributed by atoms with Gasteiger partial charge >= 0.3 is 0 Å². The maximum Gasteiger partial charge on any atom is 0.258 e. The lowest BCUT2D eigenvalue weighted by Crippen LogP contribution is -2.44. The molecule has 0 amide bonds. The summed E-state index contributed by atoms with van der Waals surface area (Å²) in [5, 5.41) is 4.30. The second-order valence-electron chi connectivity index (χ2n) is 9.27. The molecule has 1 fully saturated rings. The summed E-state index contributed by atoms with van der Waals surface area (Å²) in [4.78, 5) is 25.5. The zero-order chi connectivity index (χ0) is 22.6. The molecule has 172 valence electrons. The molecule has 0 aliphatic carbocycles. The van der Waals surface area contributed by atoms with Gasteiger partial charge in [-0.1, -0.05) is 42.5 Å². The Bertz CT molecular complexity index is 1180. The molecule has 0 spiro atoms. The summed E-state index contributed by atoms with van der Waals surface area (Å²) in [7, 11) is 2.15. The summed E-state index contributed by atoms with van der Waals surface area (Å²) in [6.07, 6.45) is 6.18. The summed E-state index contributed by atoms with van der Waals surface area (Å²) in [5.74, 6) is 0.795. The minimum Gasteiger partial charge on any atom is -0.367 e. The second-order valence-corrected chi connectivity index (χ2v) is 9.27. The summed E-state index contributed by atoms with van der Waals surface area (Å²) >= 11 is 0. The predicted molar refractivity (Wildman–Crippen MR) is 136 cm³/mol. The van der Waals surface area contributed by atoms with Crippen LogP contribution in [0.1, 0.15) is 30.7 Å². The molecule has 0 saturated carbocycles. The SMILES string of the molecule is CN1CCN(c2cccc3c(=O)[nH]c(CCCC4CC(c5ccccc5)=CCN4)nc23)CC1. The number of fused-ring (bicyclic) bond motifs is 1. The molecule has 1 aromatic heterocycles. The lowest BCUT2D eigenvalue weighted by atomic mass is 9.93. The van der Waals surface area contributed by atoms with E-state index in [-0.39, 0.29) is 5.56 Å². The van der Waals surface area contributed by atoms with Crippen molar-refractivity contribution in [1.82, 2.24) is 20.2 Å². The van der Waals surface area contributed by atoms with Crippen LogP contribution in [0.4, 0.5) is 5.69 Å². The maximum absolute atomic E-state index is 12.8. The first kappa shape index (κ1) is 21.9. The fourth-order valence-electron chi connectivity index (χ4n) is 4.99. The minimum atomic E-state index is -0.0314. The van der Waals surface area contributed by atoms with Gasteiger partial charge in [-0.15, -0.1) is 0 Å². The van der Waals surface area contributed by atoms with Gasteiger partial charge in [-0.3, -0.25) is 4.79 Å². The molecule has 1 saturated heterocycles. The fourth-order valence-corrected chi connectivity index (χ4v) is 4.99. The molecule has 33 heavy (non-hydrogen) atoms. The number of anilines is 1. The smallest absolute Gasteiger partial charge is 0.258 e. The maximum atomic E-state index is 12.8. The number of aromatic amines is 1. The number of likely N-dealkylation sites (N-methyl/N-ethyl adjacent to an activating group) is 1. The zero-order valence-electron chi connectivity index (χ0n) is 19.4. The van der Waals surface area contributed by atoms with Crippen LogP contribution < -0.4 is 15.8 Å². The molecular formula is C27H33N5O.